The van der Waals surface area contributed by atoms with Crippen LogP contribution in [0.1, 0.15) is 5.56 Å². The molecule has 2 aromatic carbocycles. The van der Waals surface area contributed by atoms with Crippen LogP contribution in [0.25, 0.3) is 0 Å². The molecule has 0 aromatic heterocycles. The Hall–Kier alpha value is -2.07. The second kappa shape index (κ2) is 6.02. The second-order valence-corrected chi connectivity index (χ2v) is 4.08. The number of methoxy groups -OCH3 is 1. The van der Waals surface area contributed by atoms with E-state index in [4.69, 9.17) is 17.0 Å². The lowest BCUT2D eigenvalue weighted by Gasteiger charge is -2.11. The second-order valence-electron chi connectivity index (χ2n) is 3.67. The average Bonchev–Trinajstić information content (AvgIpc) is 2.46. The molecule has 0 aliphatic carbocycles. The third-order valence-corrected chi connectivity index (χ3v) is 2.78. The number of hydrazine groups is 1. The molecule has 0 saturated carbocycles. The summed E-state index contributed by atoms with van der Waals surface area (Å²) in [6.07, 6.45) is 0. The minimum absolute atomic E-state index is 0.640. The molecular weight excluding hydrogens is 244 g/mol. The van der Waals surface area contributed by atoms with Gasteiger partial charge in [-0.1, -0.05) is 30.4 Å². The van der Waals surface area contributed by atoms with Crippen LogP contribution in [0.4, 0.5) is 5.69 Å². The highest BCUT2D eigenvalue weighted by atomic mass is 32.1. The number of thiocarbonyl (C=S) groups is 1. The molecule has 0 aliphatic rings. The Morgan fingerprint density at radius 1 is 1.00 bits per heavy atom. The van der Waals surface area contributed by atoms with Crippen LogP contribution in [0.2, 0.25) is 0 Å². The fourth-order valence-corrected chi connectivity index (χ4v) is 1.65. The van der Waals surface area contributed by atoms with Gasteiger partial charge in [-0.2, -0.15) is 0 Å². The number of hydrogen-bond acceptors (Lipinski definition) is 3. The predicted octanol–water partition coefficient (Wildman–Crippen LogP) is 2.99. The maximum atomic E-state index is 5.28. The maximum absolute atomic E-state index is 5.28. The lowest BCUT2D eigenvalue weighted by molar-refractivity contribution is 0.415. The van der Waals surface area contributed by atoms with Crippen LogP contribution in [0, 0.1) is 0 Å². The van der Waals surface area contributed by atoms with Crippen LogP contribution in [0.5, 0.6) is 5.75 Å². The summed E-state index contributed by atoms with van der Waals surface area (Å²) in [6.45, 7) is 0. The van der Waals surface area contributed by atoms with Crippen molar-refractivity contribution < 1.29 is 4.74 Å². The van der Waals surface area contributed by atoms with Crippen molar-refractivity contribution in [1.29, 1.82) is 0 Å². The number of hydrogen-bond donors (Lipinski definition) is 2. The van der Waals surface area contributed by atoms with Gasteiger partial charge in [0.05, 0.1) is 12.8 Å². The summed E-state index contributed by atoms with van der Waals surface area (Å²) < 4.78 is 5.10. The number of ether oxygens (including phenoxy) is 1. The van der Waals surface area contributed by atoms with E-state index in [9.17, 15) is 0 Å². The van der Waals surface area contributed by atoms with Gasteiger partial charge < -0.3 is 10.2 Å². The molecule has 0 atom stereocenters. The normalized spacial score (nSPS) is 9.61. The van der Waals surface area contributed by atoms with Crippen LogP contribution in [-0.2, 0) is 0 Å². The zero-order valence-corrected chi connectivity index (χ0v) is 10.8. The molecule has 18 heavy (non-hydrogen) atoms. The first-order valence-corrected chi connectivity index (χ1v) is 5.96. The minimum Gasteiger partial charge on any atom is -0.497 e. The molecule has 2 aromatic rings. The molecule has 4 heteroatoms. The fraction of sp³-hybridized carbons (Fsp3) is 0.0714. The standard InChI is InChI=1S/C14H14N2OS/c1-17-13-9-7-11(8-10-13)14(18)16-15-12-5-3-2-4-6-12/h2-10,15H,1H3,(H,16,18). The Balaban J connectivity index is 1.95. The lowest BCUT2D eigenvalue weighted by atomic mass is 10.2. The summed E-state index contributed by atoms with van der Waals surface area (Å²) >= 11 is 5.28. The van der Waals surface area contributed by atoms with Crippen molar-refractivity contribution in [3.05, 3.63) is 60.2 Å². The highest BCUT2D eigenvalue weighted by Crippen LogP contribution is 2.11. The average molecular weight is 258 g/mol. The zero-order valence-electron chi connectivity index (χ0n) is 10.0. The van der Waals surface area contributed by atoms with E-state index in [1.165, 1.54) is 0 Å². The first-order valence-electron chi connectivity index (χ1n) is 5.55. The lowest BCUT2D eigenvalue weighted by Crippen LogP contribution is -2.28. The molecule has 0 spiro atoms. The molecule has 2 rings (SSSR count). The molecule has 0 bridgehead atoms. The van der Waals surface area contributed by atoms with Crippen molar-refractivity contribution >= 4 is 22.9 Å². The molecule has 3 nitrogen and oxygen atoms in total. The van der Waals surface area contributed by atoms with E-state index in [1.54, 1.807) is 7.11 Å². The van der Waals surface area contributed by atoms with Crippen LogP contribution in [-0.4, -0.2) is 12.1 Å². The number of anilines is 1. The van der Waals surface area contributed by atoms with Gasteiger partial charge in [0, 0.05) is 5.56 Å². The van der Waals surface area contributed by atoms with Gasteiger partial charge in [0.15, 0.2) is 0 Å². The summed E-state index contributed by atoms with van der Waals surface area (Å²) in [4.78, 5) is 0.640. The summed E-state index contributed by atoms with van der Waals surface area (Å²) in [6, 6.07) is 17.4. The van der Waals surface area contributed by atoms with Gasteiger partial charge in [-0.05, 0) is 36.4 Å². The van der Waals surface area contributed by atoms with Crippen molar-refractivity contribution in [3.8, 4) is 5.75 Å². The number of para-hydroxylation sites is 1. The van der Waals surface area contributed by atoms with E-state index in [0.29, 0.717) is 4.99 Å². The van der Waals surface area contributed by atoms with Crippen LogP contribution < -0.4 is 15.6 Å². The third kappa shape index (κ3) is 3.21. The summed E-state index contributed by atoms with van der Waals surface area (Å²) in [5.41, 5.74) is 7.95. The van der Waals surface area contributed by atoms with Gasteiger partial charge in [-0.3, -0.25) is 5.43 Å². The smallest absolute Gasteiger partial charge is 0.125 e. The van der Waals surface area contributed by atoms with E-state index in [0.717, 1.165) is 17.0 Å². The summed E-state index contributed by atoms with van der Waals surface area (Å²) in [5.74, 6) is 0.817. The number of nitrogens with one attached hydrogen (secondary N) is 2. The highest BCUT2D eigenvalue weighted by molar-refractivity contribution is 7.80. The van der Waals surface area contributed by atoms with Gasteiger partial charge in [-0.25, -0.2) is 0 Å². The van der Waals surface area contributed by atoms with Gasteiger partial charge in [0.1, 0.15) is 10.7 Å². The van der Waals surface area contributed by atoms with E-state index in [2.05, 4.69) is 10.9 Å². The number of rotatable bonds is 4. The molecule has 0 radical (unpaired) electrons. The molecule has 0 amide bonds. The van der Waals surface area contributed by atoms with E-state index >= 15 is 0 Å². The van der Waals surface area contributed by atoms with E-state index in [1.807, 2.05) is 54.6 Å². The molecule has 0 unspecified atom stereocenters. The van der Waals surface area contributed by atoms with Gasteiger partial charge in [0.25, 0.3) is 0 Å². The van der Waals surface area contributed by atoms with Crippen molar-refractivity contribution in [1.82, 2.24) is 5.43 Å². The third-order valence-electron chi connectivity index (χ3n) is 2.45. The molecule has 0 fully saturated rings. The maximum Gasteiger partial charge on any atom is 0.125 e. The highest BCUT2D eigenvalue weighted by Gasteiger charge is 2.00. The van der Waals surface area contributed by atoms with Crippen LogP contribution >= 0.6 is 12.2 Å². The Bertz CT molecular complexity index is 511. The van der Waals surface area contributed by atoms with Gasteiger partial charge in [0.2, 0.25) is 0 Å². The Kier molecular flexibility index (Phi) is 4.15. The van der Waals surface area contributed by atoms with E-state index < -0.39 is 0 Å². The molecule has 2 N–H and O–H groups in total. The van der Waals surface area contributed by atoms with Crippen molar-refractivity contribution in [2.24, 2.45) is 0 Å². The molecule has 0 saturated heterocycles. The Morgan fingerprint density at radius 2 is 1.67 bits per heavy atom. The summed E-state index contributed by atoms with van der Waals surface area (Å²) in [5, 5.41) is 0. The first-order chi connectivity index (χ1) is 8.79. The molecule has 0 aliphatic heterocycles. The molecule has 92 valence electrons. The molecular formula is C14H14N2OS. The fourth-order valence-electron chi connectivity index (χ4n) is 1.46. The van der Waals surface area contributed by atoms with Crippen molar-refractivity contribution in [2.75, 3.05) is 12.5 Å². The SMILES string of the molecule is COc1ccc(C(=S)NNc2ccccc2)cc1. The van der Waals surface area contributed by atoms with Crippen LogP contribution in [0.3, 0.4) is 0 Å². The first kappa shape index (κ1) is 12.4. The Labute approximate surface area is 112 Å². The van der Waals surface area contributed by atoms with Gasteiger partial charge in [-0.15, -0.1) is 0 Å². The topological polar surface area (TPSA) is 33.3 Å². The Morgan fingerprint density at radius 3 is 2.28 bits per heavy atom. The summed E-state index contributed by atoms with van der Waals surface area (Å²) in [7, 11) is 1.64. The van der Waals surface area contributed by atoms with Crippen molar-refractivity contribution in [3.63, 3.8) is 0 Å². The monoisotopic (exact) mass is 258 g/mol. The van der Waals surface area contributed by atoms with Gasteiger partial charge >= 0.3 is 0 Å². The predicted molar refractivity (Wildman–Crippen MR) is 77.9 cm³/mol. The minimum atomic E-state index is 0.640. The molecule has 0 heterocycles. The van der Waals surface area contributed by atoms with Crippen LogP contribution in [0.15, 0.2) is 54.6 Å². The van der Waals surface area contributed by atoms with E-state index in [-0.39, 0.29) is 0 Å². The van der Waals surface area contributed by atoms with Crippen molar-refractivity contribution in [2.45, 2.75) is 0 Å². The quantitative estimate of drug-likeness (QED) is 0.652. The zero-order chi connectivity index (χ0) is 12.8. The largest absolute Gasteiger partial charge is 0.497 e. The number of benzene rings is 2.